The van der Waals surface area contributed by atoms with Crippen LogP contribution in [0.3, 0.4) is 0 Å². The molecule has 13 heavy (non-hydrogen) atoms. The highest BCUT2D eigenvalue weighted by Crippen LogP contribution is 2.23. The maximum absolute atomic E-state index is 11.3. The molecule has 0 N–H and O–H groups in total. The maximum Gasteiger partial charge on any atom is 0.275 e. The van der Waals surface area contributed by atoms with Gasteiger partial charge in [0.1, 0.15) is 0 Å². The molecule has 1 aromatic rings. The first-order valence-electron chi connectivity index (χ1n) is 3.83. The molecular formula is C8H7NO3S. The zero-order chi connectivity index (χ0) is 9.26. The lowest BCUT2D eigenvalue weighted by Gasteiger charge is -2.27. The van der Waals surface area contributed by atoms with Gasteiger partial charge in [-0.2, -0.15) is 0 Å². The van der Waals surface area contributed by atoms with Crippen LogP contribution in [0.5, 0.6) is 0 Å². The van der Waals surface area contributed by atoms with E-state index < -0.39 is 0 Å². The van der Waals surface area contributed by atoms with E-state index in [1.807, 2.05) is 0 Å². The van der Waals surface area contributed by atoms with E-state index in [0.717, 1.165) is 11.9 Å². The monoisotopic (exact) mass is 197 g/mol. The second-order valence-electron chi connectivity index (χ2n) is 2.60. The van der Waals surface area contributed by atoms with E-state index in [9.17, 15) is 9.59 Å². The summed E-state index contributed by atoms with van der Waals surface area (Å²) in [5.74, 6) is 0.287. The average Bonchev–Trinajstić information content (AvgIpc) is 2.64. The van der Waals surface area contributed by atoms with E-state index in [2.05, 4.69) is 0 Å². The average molecular weight is 197 g/mol. The quantitative estimate of drug-likeness (QED) is 0.529. The molecule has 5 heteroatoms. The van der Waals surface area contributed by atoms with Crippen molar-refractivity contribution in [2.45, 2.75) is 6.42 Å². The summed E-state index contributed by atoms with van der Waals surface area (Å²) in [4.78, 5) is 22.2. The van der Waals surface area contributed by atoms with Crippen molar-refractivity contribution in [1.82, 2.24) is 4.31 Å². The van der Waals surface area contributed by atoms with E-state index >= 15 is 0 Å². The first-order valence-corrected chi connectivity index (χ1v) is 4.61. The predicted octanol–water partition coefficient (Wildman–Crippen LogP) is 1.30. The molecule has 0 aliphatic carbocycles. The van der Waals surface area contributed by atoms with Crippen molar-refractivity contribution in [3.63, 3.8) is 0 Å². The van der Waals surface area contributed by atoms with Gasteiger partial charge in [-0.05, 0) is 12.1 Å². The molecule has 0 radical (unpaired) electrons. The van der Waals surface area contributed by atoms with Crippen LogP contribution in [0, 0.1) is 0 Å². The first kappa shape index (κ1) is 8.37. The Kier molecular flexibility index (Phi) is 2.10. The molecule has 1 amide bonds. The fourth-order valence-corrected chi connectivity index (χ4v) is 1.71. The molecule has 0 aromatic carbocycles. The molecule has 0 unspecified atom stereocenters. The number of hydrogen-bond acceptors (Lipinski definition) is 4. The van der Waals surface area contributed by atoms with Gasteiger partial charge in [0.2, 0.25) is 5.91 Å². The fraction of sp³-hybridized carbons (Fsp3) is 0.250. The minimum Gasteiger partial charge on any atom is -0.460 e. The van der Waals surface area contributed by atoms with E-state index in [-0.39, 0.29) is 16.8 Å². The Balaban J connectivity index is 1.96. The second kappa shape index (κ2) is 3.26. The third-order valence-electron chi connectivity index (χ3n) is 1.72. The van der Waals surface area contributed by atoms with Crippen molar-refractivity contribution in [2.75, 3.05) is 6.54 Å². The van der Waals surface area contributed by atoms with Gasteiger partial charge in [-0.25, -0.2) is 0 Å². The van der Waals surface area contributed by atoms with Crippen LogP contribution < -0.4 is 0 Å². The number of rotatable bonds is 2. The summed E-state index contributed by atoms with van der Waals surface area (Å²) in [5.41, 5.74) is 0. The van der Waals surface area contributed by atoms with Crippen LogP contribution in [-0.4, -0.2) is 21.9 Å². The van der Waals surface area contributed by atoms with E-state index in [0.29, 0.717) is 13.0 Å². The van der Waals surface area contributed by atoms with Gasteiger partial charge in [-0.15, -0.1) is 0 Å². The number of furan rings is 1. The number of carbonyl (C=O) groups excluding carboxylic acids is 2. The van der Waals surface area contributed by atoms with Gasteiger partial charge in [-0.3, -0.25) is 13.9 Å². The van der Waals surface area contributed by atoms with Gasteiger partial charge >= 0.3 is 0 Å². The first-order chi connectivity index (χ1) is 6.27. The van der Waals surface area contributed by atoms with Crippen molar-refractivity contribution in [3.8, 4) is 0 Å². The Bertz CT molecular complexity index is 333. The van der Waals surface area contributed by atoms with Crippen molar-refractivity contribution in [3.05, 3.63) is 24.2 Å². The van der Waals surface area contributed by atoms with Gasteiger partial charge in [-0.1, -0.05) is 0 Å². The topological polar surface area (TPSA) is 50.5 Å². The number of β-lactam (4-membered cyclic amide) rings is 1. The van der Waals surface area contributed by atoms with Crippen LogP contribution in [0.25, 0.3) is 0 Å². The van der Waals surface area contributed by atoms with Crippen LogP contribution >= 0.6 is 11.9 Å². The molecule has 68 valence electrons. The van der Waals surface area contributed by atoms with Gasteiger partial charge in [0.25, 0.3) is 5.12 Å². The standard InChI is InChI=1S/C8H7NO3S/c10-7-3-4-9(7)13-8(11)6-2-1-5-12-6/h1-2,5H,3-4H2. The summed E-state index contributed by atoms with van der Waals surface area (Å²) in [5, 5.41) is -0.224. The largest absolute Gasteiger partial charge is 0.460 e. The summed E-state index contributed by atoms with van der Waals surface area (Å²) < 4.78 is 6.33. The van der Waals surface area contributed by atoms with Crippen LogP contribution in [0.2, 0.25) is 0 Å². The SMILES string of the molecule is O=C(SN1CCC1=O)c1ccco1. The Hall–Kier alpha value is -1.23. The van der Waals surface area contributed by atoms with E-state index in [1.54, 1.807) is 12.1 Å². The highest BCUT2D eigenvalue weighted by atomic mass is 32.2. The predicted molar refractivity (Wildman–Crippen MR) is 47.0 cm³/mol. The molecule has 2 heterocycles. The van der Waals surface area contributed by atoms with E-state index in [4.69, 9.17) is 4.42 Å². The number of amides is 1. The van der Waals surface area contributed by atoms with E-state index in [1.165, 1.54) is 10.6 Å². The zero-order valence-corrected chi connectivity index (χ0v) is 7.54. The molecule has 2 rings (SSSR count). The molecule has 0 atom stereocenters. The molecule has 0 spiro atoms. The molecule has 1 fully saturated rings. The van der Waals surface area contributed by atoms with Crippen molar-refractivity contribution in [2.24, 2.45) is 0 Å². The summed E-state index contributed by atoms with van der Waals surface area (Å²) in [6.07, 6.45) is 1.98. The highest BCUT2D eigenvalue weighted by molar-refractivity contribution is 8.12. The summed E-state index contributed by atoms with van der Waals surface area (Å²) in [6, 6.07) is 3.23. The molecule has 1 aliphatic rings. The number of nitrogens with zero attached hydrogens (tertiary/aromatic N) is 1. The van der Waals surface area contributed by atoms with Crippen molar-refractivity contribution in [1.29, 1.82) is 0 Å². The zero-order valence-electron chi connectivity index (χ0n) is 6.73. The molecule has 1 aromatic heterocycles. The van der Waals surface area contributed by atoms with Crippen LogP contribution in [0.4, 0.5) is 0 Å². The van der Waals surface area contributed by atoms with Crippen LogP contribution in [-0.2, 0) is 4.79 Å². The molecule has 1 aliphatic heterocycles. The Morgan fingerprint density at radius 1 is 1.62 bits per heavy atom. The minimum absolute atomic E-state index is 0.00454. The van der Waals surface area contributed by atoms with Crippen LogP contribution in [0.15, 0.2) is 22.8 Å². The molecular weight excluding hydrogens is 190 g/mol. The van der Waals surface area contributed by atoms with Gasteiger partial charge in [0.15, 0.2) is 5.76 Å². The number of hydrogen-bond donors (Lipinski definition) is 0. The lowest BCUT2D eigenvalue weighted by atomic mass is 10.3. The van der Waals surface area contributed by atoms with Crippen molar-refractivity contribution >= 4 is 23.0 Å². The Morgan fingerprint density at radius 3 is 2.92 bits per heavy atom. The summed E-state index contributed by atoms with van der Waals surface area (Å²) >= 11 is 0.903. The fourth-order valence-electron chi connectivity index (χ4n) is 0.931. The van der Waals surface area contributed by atoms with Gasteiger partial charge in [0, 0.05) is 24.9 Å². The second-order valence-corrected chi connectivity index (χ2v) is 3.60. The third-order valence-corrected chi connectivity index (χ3v) is 2.70. The lowest BCUT2D eigenvalue weighted by molar-refractivity contribution is -0.132. The molecule has 4 nitrogen and oxygen atoms in total. The summed E-state index contributed by atoms with van der Waals surface area (Å²) in [7, 11) is 0. The Morgan fingerprint density at radius 2 is 2.46 bits per heavy atom. The Labute approximate surface area is 79.0 Å². The van der Waals surface area contributed by atoms with Gasteiger partial charge < -0.3 is 4.42 Å². The van der Waals surface area contributed by atoms with Crippen molar-refractivity contribution < 1.29 is 14.0 Å². The highest BCUT2D eigenvalue weighted by Gasteiger charge is 2.28. The molecule has 0 saturated carbocycles. The van der Waals surface area contributed by atoms with Gasteiger partial charge in [0.05, 0.1) is 6.26 Å². The lowest BCUT2D eigenvalue weighted by Crippen LogP contribution is -2.38. The molecule has 1 saturated heterocycles. The minimum atomic E-state index is -0.224. The molecule has 0 bridgehead atoms. The van der Waals surface area contributed by atoms with Crippen LogP contribution in [0.1, 0.15) is 17.0 Å². The normalized spacial score (nSPS) is 15.7. The summed E-state index contributed by atoms with van der Waals surface area (Å²) in [6.45, 7) is 0.649. The third kappa shape index (κ3) is 1.60. The smallest absolute Gasteiger partial charge is 0.275 e. The number of carbonyl (C=O) groups is 2. The maximum atomic E-state index is 11.3.